The zero-order valence-electron chi connectivity index (χ0n) is 19.9. The number of carbonyl (C=O) groups is 2. The highest BCUT2D eigenvalue weighted by Crippen LogP contribution is 2.32. The van der Waals surface area contributed by atoms with Crippen LogP contribution in [0.2, 0.25) is 0 Å². The number of carbonyl (C=O) groups excluding carboxylic acids is 2. The van der Waals surface area contributed by atoms with Crippen molar-refractivity contribution < 1.29 is 22.7 Å². The highest BCUT2D eigenvalue weighted by molar-refractivity contribution is 7.92. The third-order valence-corrected chi connectivity index (χ3v) is 7.18. The van der Waals surface area contributed by atoms with Gasteiger partial charge in [-0.3, -0.25) is 13.9 Å². The van der Waals surface area contributed by atoms with E-state index >= 15 is 0 Å². The largest absolute Gasteiger partial charge is 0.495 e. The number of nitrogens with one attached hydrogen (secondary N) is 2. The summed E-state index contributed by atoms with van der Waals surface area (Å²) in [4.78, 5) is 25.9. The number of hydrogen-bond donors (Lipinski definition) is 2. The van der Waals surface area contributed by atoms with Crippen molar-refractivity contribution in [3.05, 3.63) is 84.4 Å². The molecule has 3 rings (SSSR count). The average molecular weight is 496 g/mol. The SMILES string of the molecule is CC[C@@H](C)NC(=O)c1ccccc1NC(=O)CN(c1ccccc1OC)S(=O)(=O)c1ccccc1. The van der Waals surface area contributed by atoms with E-state index in [1.54, 1.807) is 66.7 Å². The molecule has 0 aromatic heterocycles. The van der Waals surface area contributed by atoms with E-state index in [1.165, 1.54) is 19.2 Å². The summed E-state index contributed by atoms with van der Waals surface area (Å²) in [5, 5.41) is 5.57. The van der Waals surface area contributed by atoms with Crippen LogP contribution in [0.3, 0.4) is 0 Å². The van der Waals surface area contributed by atoms with Crippen molar-refractivity contribution in [2.45, 2.75) is 31.2 Å². The van der Waals surface area contributed by atoms with Crippen molar-refractivity contribution in [2.24, 2.45) is 0 Å². The van der Waals surface area contributed by atoms with Gasteiger partial charge in [0.25, 0.3) is 15.9 Å². The van der Waals surface area contributed by atoms with E-state index in [2.05, 4.69) is 10.6 Å². The summed E-state index contributed by atoms with van der Waals surface area (Å²) in [6.07, 6.45) is 0.755. The fraction of sp³-hybridized carbons (Fsp3) is 0.231. The molecule has 0 radical (unpaired) electrons. The van der Waals surface area contributed by atoms with Crippen LogP contribution in [0.4, 0.5) is 11.4 Å². The lowest BCUT2D eigenvalue weighted by Gasteiger charge is -2.25. The van der Waals surface area contributed by atoms with Crippen LogP contribution < -0.4 is 19.7 Å². The van der Waals surface area contributed by atoms with Crippen molar-refractivity contribution in [1.82, 2.24) is 5.32 Å². The fourth-order valence-corrected chi connectivity index (χ4v) is 4.82. The number of amides is 2. The molecule has 0 aliphatic carbocycles. The molecule has 0 saturated heterocycles. The monoisotopic (exact) mass is 495 g/mol. The zero-order chi connectivity index (χ0) is 25.4. The minimum Gasteiger partial charge on any atom is -0.495 e. The molecule has 184 valence electrons. The molecule has 0 aliphatic rings. The molecule has 1 atom stereocenters. The van der Waals surface area contributed by atoms with Crippen LogP contribution in [-0.2, 0) is 14.8 Å². The van der Waals surface area contributed by atoms with Gasteiger partial charge in [0.2, 0.25) is 5.91 Å². The Bertz CT molecular complexity index is 1280. The maximum absolute atomic E-state index is 13.5. The van der Waals surface area contributed by atoms with Gasteiger partial charge >= 0.3 is 0 Å². The predicted octanol–water partition coefficient (Wildman–Crippen LogP) is 4.06. The van der Waals surface area contributed by atoms with Gasteiger partial charge in [-0.25, -0.2) is 8.42 Å². The molecule has 0 spiro atoms. The first-order valence-electron chi connectivity index (χ1n) is 11.2. The minimum atomic E-state index is -4.11. The minimum absolute atomic E-state index is 0.0343. The number of para-hydroxylation sites is 3. The van der Waals surface area contributed by atoms with Crippen LogP contribution in [0.5, 0.6) is 5.75 Å². The predicted molar refractivity (Wildman–Crippen MR) is 136 cm³/mol. The second-order valence-corrected chi connectivity index (χ2v) is 9.74. The number of nitrogens with zero attached hydrogens (tertiary/aromatic N) is 1. The first-order valence-corrected chi connectivity index (χ1v) is 12.6. The lowest BCUT2D eigenvalue weighted by molar-refractivity contribution is -0.114. The Morgan fingerprint density at radius 3 is 2.26 bits per heavy atom. The number of hydrogen-bond acceptors (Lipinski definition) is 5. The smallest absolute Gasteiger partial charge is 0.264 e. The Morgan fingerprint density at radius 1 is 0.943 bits per heavy atom. The van der Waals surface area contributed by atoms with Gasteiger partial charge in [-0.1, -0.05) is 49.4 Å². The normalized spacial score (nSPS) is 11.9. The van der Waals surface area contributed by atoms with Gasteiger partial charge in [0.1, 0.15) is 12.3 Å². The first-order chi connectivity index (χ1) is 16.8. The lowest BCUT2D eigenvalue weighted by atomic mass is 10.1. The molecule has 2 amide bonds. The van der Waals surface area contributed by atoms with Crippen molar-refractivity contribution in [3.63, 3.8) is 0 Å². The average Bonchev–Trinajstić information content (AvgIpc) is 2.87. The molecule has 3 aromatic carbocycles. The van der Waals surface area contributed by atoms with Gasteiger partial charge in [-0.15, -0.1) is 0 Å². The van der Waals surface area contributed by atoms with E-state index in [1.807, 2.05) is 13.8 Å². The molecular weight excluding hydrogens is 466 g/mol. The van der Waals surface area contributed by atoms with Gasteiger partial charge in [0.05, 0.1) is 28.9 Å². The van der Waals surface area contributed by atoms with Crippen molar-refractivity contribution in [2.75, 3.05) is 23.3 Å². The molecule has 0 saturated carbocycles. The van der Waals surface area contributed by atoms with Gasteiger partial charge in [-0.05, 0) is 49.7 Å². The summed E-state index contributed by atoms with van der Waals surface area (Å²) in [5.41, 5.74) is 0.795. The van der Waals surface area contributed by atoms with E-state index in [0.717, 1.165) is 10.7 Å². The van der Waals surface area contributed by atoms with E-state index in [0.29, 0.717) is 5.75 Å². The van der Waals surface area contributed by atoms with Crippen LogP contribution in [-0.4, -0.2) is 39.9 Å². The molecule has 35 heavy (non-hydrogen) atoms. The third kappa shape index (κ3) is 6.19. The number of rotatable bonds is 10. The maximum atomic E-state index is 13.5. The van der Waals surface area contributed by atoms with Crippen molar-refractivity contribution >= 4 is 33.2 Å². The molecule has 0 unspecified atom stereocenters. The molecule has 0 heterocycles. The lowest BCUT2D eigenvalue weighted by Crippen LogP contribution is -2.39. The summed E-state index contributed by atoms with van der Waals surface area (Å²) in [7, 11) is -2.68. The second kappa shape index (κ2) is 11.5. The second-order valence-electron chi connectivity index (χ2n) is 7.87. The van der Waals surface area contributed by atoms with Gasteiger partial charge < -0.3 is 15.4 Å². The standard InChI is InChI=1S/C26H29N3O5S/c1-4-19(2)27-26(31)21-14-8-9-15-22(21)28-25(30)18-29(23-16-10-11-17-24(23)34-3)35(32,33)20-12-6-5-7-13-20/h5-17,19H,4,18H2,1-3H3,(H,27,31)(H,28,30)/t19-/m1/s1. The van der Waals surface area contributed by atoms with Crippen molar-refractivity contribution in [1.29, 1.82) is 0 Å². The van der Waals surface area contributed by atoms with E-state index in [4.69, 9.17) is 4.74 Å². The highest BCUT2D eigenvalue weighted by Gasteiger charge is 2.29. The van der Waals surface area contributed by atoms with Gasteiger partial charge in [0, 0.05) is 6.04 Å². The van der Waals surface area contributed by atoms with E-state index in [9.17, 15) is 18.0 Å². The summed E-state index contributed by atoms with van der Waals surface area (Å²) in [6, 6.07) is 21.0. The molecule has 9 heteroatoms. The number of methoxy groups -OCH3 is 1. The van der Waals surface area contributed by atoms with Crippen LogP contribution in [0.15, 0.2) is 83.8 Å². The van der Waals surface area contributed by atoms with E-state index < -0.39 is 22.5 Å². The molecular formula is C26H29N3O5S. The number of benzene rings is 3. The topological polar surface area (TPSA) is 105 Å². The quantitative estimate of drug-likeness (QED) is 0.441. The molecule has 0 fully saturated rings. The Labute approximate surface area is 206 Å². The number of sulfonamides is 1. The molecule has 2 N–H and O–H groups in total. The third-order valence-electron chi connectivity index (χ3n) is 5.41. The summed E-state index contributed by atoms with van der Waals surface area (Å²) in [5.74, 6) is -0.638. The Kier molecular flexibility index (Phi) is 8.48. The summed E-state index contributed by atoms with van der Waals surface area (Å²) in [6.45, 7) is 3.32. The Balaban J connectivity index is 1.94. The molecule has 0 aliphatic heterocycles. The zero-order valence-corrected chi connectivity index (χ0v) is 20.7. The Morgan fingerprint density at radius 2 is 1.57 bits per heavy atom. The van der Waals surface area contributed by atoms with Crippen LogP contribution in [0.1, 0.15) is 30.6 Å². The first kappa shape index (κ1) is 25.8. The van der Waals surface area contributed by atoms with Gasteiger partial charge in [0.15, 0.2) is 0 Å². The maximum Gasteiger partial charge on any atom is 0.264 e. The number of ether oxygens (including phenoxy) is 1. The molecule has 8 nitrogen and oxygen atoms in total. The number of anilines is 2. The molecule has 3 aromatic rings. The van der Waals surface area contributed by atoms with E-state index in [-0.39, 0.29) is 33.8 Å². The van der Waals surface area contributed by atoms with Crippen LogP contribution in [0, 0.1) is 0 Å². The van der Waals surface area contributed by atoms with Crippen LogP contribution >= 0.6 is 0 Å². The van der Waals surface area contributed by atoms with Crippen LogP contribution in [0.25, 0.3) is 0 Å². The summed E-state index contributed by atoms with van der Waals surface area (Å²) >= 11 is 0. The summed E-state index contributed by atoms with van der Waals surface area (Å²) < 4.78 is 33.5. The fourth-order valence-electron chi connectivity index (χ4n) is 3.37. The molecule has 0 bridgehead atoms. The van der Waals surface area contributed by atoms with Crippen molar-refractivity contribution in [3.8, 4) is 5.75 Å². The Hall–Kier alpha value is -3.85. The highest BCUT2D eigenvalue weighted by atomic mass is 32.2. The van der Waals surface area contributed by atoms with Gasteiger partial charge in [-0.2, -0.15) is 0 Å².